The van der Waals surface area contributed by atoms with Crippen LogP contribution >= 0.6 is 0 Å². The molecule has 168 valence electrons. The van der Waals surface area contributed by atoms with Gasteiger partial charge in [0.05, 0.1) is 33.1 Å². The predicted molar refractivity (Wildman–Crippen MR) is 117 cm³/mol. The Morgan fingerprint density at radius 3 is 2.34 bits per heavy atom. The molecule has 1 aromatic carbocycles. The molecular weight excluding hydrogens is 412 g/mol. The lowest BCUT2D eigenvalue weighted by Gasteiger charge is -2.28. The second-order valence-corrected chi connectivity index (χ2v) is 7.40. The number of nitrogens with zero attached hydrogens (tertiary/aromatic N) is 1. The van der Waals surface area contributed by atoms with Crippen LogP contribution in [0.1, 0.15) is 55.1 Å². The summed E-state index contributed by atoms with van der Waals surface area (Å²) in [6.07, 6.45) is 1.51. The molecule has 2 aromatic heterocycles. The molecule has 1 N–H and O–H groups in total. The van der Waals surface area contributed by atoms with Crippen LogP contribution in [-0.4, -0.2) is 47.8 Å². The van der Waals surface area contributed by atoms with Crippen LogP contribution in [0.15, 0.2) is 47.1 Å². The maximum Gasteiger partial charge on any atom is 0.354 e. The van der Waals surface area contributed by atoms with Gasteiger partial charge in [0.15, 0.2) is 5.78 Å². The monoisotopic (exact) mass is 438 g/mol. The second-order valence-electron chi connectivity index (χ2n) is 7.40. The Morgan fingerprint density at radius 1 is 1.09 bits per heavy atom. The lowest BCUT2D eigenvalue weighted by atomic mass is 9.99. The van der Waals surface area contributed by atoms with Gasteiger partial charge in [0.25, 0.3) is 5.91 Å². The Labute approximate surface area is 186 Å². The number of ketones is 1. The van der Waals surface area contributed by atoms with Crippen LogP contribution in [0, 0.1) is 13.8 Å². The Kier molecular flexibility index (Phi) is 6.82. The van der Waals surface area contributed by atoms with Crippen molar-refractivity contribution in [3.05, 3.63) is 76.5 Å². The van der Waals surface area contributed by atoms with E-state index in [1.54, 1.807) is 64.3 Å². The van der Waals surface area contributed by atoms with E-state index >= 15 is 0 Å². The third-order valence-corrected chi connectivity index (χ3v) is 5.42. The predicted octanol–water partition coefficient (Wildman–Crippen LogP) is 3.93. The highest BCUT2D eigenvalue weighted by atomic mass is 16.5. The molecule has 8 heteroatoms. The fourth-order valence-electron chi connectivity index (χ4n) is 3.63. The number of carbonyl (C=O) groups is 3. The summed E-state index contributed by atoms with van der Waals surface area (Å²) >= 11 is 0. The Hall–Kier alpha value is -3.81. The molecule has 0 saturated heterocycles. The summed E-state index contributed by atoms with van der Waals surface area (Å²) < 4.78 is 15.4. The molecule has 0 bridgehead atoms. The first-order valence-electron chi connectivity index (χ1n) is 10.1. The van der Waals surface area contributed by atoms with E-state index in [2.05, 4.69) is 4.98 Å². The number of benzene rings is 1. The molecule has 0 spiro atoms. The van der Waals surface area contributed by atoms with Crippen LogP contribution in [0.2, 0.25) is 0 Å². The molecule has 32 heavy (non-hydrogen) atoms. The molecule has 8 nitrogen and oxygen atoms in total. The number of furan rings is 1. The van der Waals surface area contributed by atoms with Crippen molar-refractivity contribution in [2.45, 2.75) is 33.4 Å². The molecule has 1 amide bonds. The quantitative estimate of drug-likeness (QED) is 0.422. The Balaban J connectivity index is 1.97. The van der Waals surface area contributed by atoms with Gasteiger partial charge in [0, 0.05) is 16.8 Å². The summed E-state index contributed by atoms with van der Waals surface area (Å²) in [5.74, 6) is -0.00995. The van der Waals surface area contributed by atoms with E-state index in [1.807, 2.05) is 0 Å². The minimum atomic E-state index is -0.826. The molecule has 0 aliphatic heterocycles. The van der Waals surface area contributed by atoms with Crippen LogP contribution in [-0.2, 0) is 11.3 Å². The largest absolute Gasteiger partial charge is 0.497 e. The topological polar surface area (TPSA) is 102 Å². The van der Waals surface area contributed by atoms with Gasteiger partial charge in [-0.25, -0.2) is 4.79 Å². The third kappa shape index (κ3) is 4.44. The molecule has 0 saturated carbocycles. The van der Waals surface area contributed by atoms with Gasteiger partial charge in [-0.15, -0.1) is 0 Å². The molecule has 2 heterocycles. The highest BCUT2D eigenvalue weighted by molar-refractivity contribution is 6.07. The van der Waals surface area contributed by atoms with Gasteiger partial charge in [-0.05, 0) is 62.7 Å². The number of Topliss-reactive ketones (excluding diaryl/α,β-unsaturated/α-hetero) is 1. The molecule has 0 aliphatic rings. The van der Waals surface area contributed by atoms with E-state index in [1.165, 1.54) is 18.3 Å². The Bertz CT molecular complexity index is 1110. The van der Waals surface area contributed by atoms with Crippen LogP contribution < -0.4 is 4.74 Å². The van der Waals surface area contributed by atoms with Crippen LogP contribution in [0.25, 0.3) is 0 Å². The molecule has 0 aliphatic carbocycles. The highest BCUT2D eigenvalue weighted by Gasteiger charge is 2.32. The second kappa shape index (κ2) is 9.55. The van der Waals surface area contributed by atoms with E-state index in [4.69, 9.17) is 13.9 Å². The normalized spacial score (nSPS) is 11.7. The number of aromatic nitrogens is 1. The molecule has 1 atom stereocenters. The van der Waals surface area contributed by atoms with Crippen molar-refractivity contribution in [1.82, 2.24) is 9.88 Å². The van der Waals surface area contributed by atoms with Crippen molar-refractivity contribution >= 4 is 17.7 Å². The molecular formula is C24H26N2O6. The zero-order valence-corrected chi connectivity index (χ0v) is 18.7. The summed E-state index contributed by atoms with van der Waals surface area (Å²) in [7, 11) is 2.82. The number of nitrogens with one attached hydrogen (secondary N) is 1. The van der Waals surface area contributed by atoms with E-state index < -0.39 is 12.0 Å². The number of amides is 1. The number of esters is 1. The van der Waals surface area contributed by atoms with Crippen molar-refractivity contribution in [3.63, 3.8) is 0 Å². The van der Waals surface area contributed by atoms with E-state index in [9.17, 15) is 14.4 Å². The van der Waals surface area contributed by atoms with Crippen LogP contribution in [0.3, 0.4) is 0 Å². The van der Waals surface area contributed by atoms with Crippen molar-refractivity contribution in [2.75, 3.05) is 14.2 Å². The van der Waals surface area contributed by atoms with Crippen molar-refractivity contribution in [2.24, 2.45) is 0 Å². The van der Waals surface area contributed by atoms with Crippen LogP contribution in [0.5, 0.6) is 5.75 Å². The summed E-state index contributed by atoms with van der Waals surface area (Å²) in [4.78, 5) is 43.3. The van der Waals surface area contributed by atoms with Gasteiger partial charge in [-0.3, -0.25) is 9.59 Å². The van der Waals surface area contributed by atoms with Gasteiger partial charge in [0.1, 0.15) is 17.2 Å². The maximum absolute atomic E-state index is 13.5. The van der Waals surface area contributed by atoms with Gasteiger partial charge in [0.2, 0.25) is 0 Å². The lowest BCUT2D eigenvalue weighted by molar-refractivity contribution is 0.0590. The summed E-state index contributed by atoms with van der Waals surface area (Å²) in [5.41, 5.74) is 2.02. The molecule has 0 fully saturated rings. The molecule has 0 unspecified atom stereocenters. The number of ether oxygens (including phenoxy) is 2. The Morgan fingerprint density at radius 2 is 1.78 bits per heavy atom. The summed E-state index contributed by atoms with van der Waals surface area (Å²) in [6, 6.07) is 9.31. The van der Waals surface area contributed by atoms with Gasteiger partial charge in [-0.1, -0.05) is 0 Å². The van der Waals surface area contributed by atoms with Crippen molar-refractivity contribution < 1.29 is 28.3 Å². The number of rotatable bonds is 8. The van der Waals surface area contributed by atoms with Gasteiger partial charge >= 0.3 is 5.97 Å². The minimum Gasteiger partial charge on any atom is -0.497 e. The first-order valence-corrected chi connectivity index (χ1v) is 10.1. The zero-order valence-electron chi connectivity index (χ0n) is 18.7. The average Bonchev–Trinajstić information content (AvgIpc) is 3.42. The van der Waals surface area contributed by atoms with Crippen molar-refractivity contribution in [3.8, 4) is 5.75 Å². The van der Waals surface area contributed by atoms with Gasteiger partial charge < -0.3 is 23.8 Å². The van der Waals surface area contributed by atoms with Gasteiger partial charge in [-0.2, -0.15) is 0 Å². The SMILES string of the molecule is COC(=O)c1[nH]c(C)c(C(=O)[C@@H](C)N(Cc2ccco2)C(=O)c2ccc(OC)cc2)c1C. The first-order chi connectivity index (χ1) is 15.3. The first kappa shape index (κ1) is 22.9. The fourth-order valence-corrected chi connectivity index (χ4v) is 3.63. The van der Waals surface area contributed by atoms with E-state index in [0.29, 0.717) is 33.9 Å². The number of aromatic amines is 1. The molecule has 3 rings (SSSR count). The number of methoxy groups -OCH3 is 2. The number of H-pyrrole nitrogens is 1. The number of aryl methyl sites for hydroxylation is 1. The standard InChI is InChI=1S/C24H26N2O6/c1-14-20(15(2)25-21(14)24(29)31-5)22(27)16(3)26(13-19-7-6-12-32-19)23(28)17-8-10-18(30-4)11-9-17/h6-12,16,25H,13H2,1-5H3/t16-/m1/s1. The average molecular weight is 438 g/mol. The number of hydrogen-bond acceptors (Lipinski definition) is 6. The number of hydrogen-bond donors (Lipinski definition) is 1. The number of carbonyl (C=O) groups excluding carboxylic acids is 3. The smallest absolute Gasteiger partial charge is 0.354 e. The minimum absolute atomic E-state index is 0.108. The summed E-state index contributed by atoms with van der Waals surface area (Å²) in [6.45, 7) is 5.16. The fraction of sp³-hybridized carbons (Fsp3) is 0.292. The highest BCUT2D eigenvalue weighted by Crippen LogP contribution is 2.24. The molecule has 0 radical (unpaired) electrons. The lowest BCUT2D eigenvalue weighted by Crippen LogP contribution is -2.43. The molecule has 3 aromatic rings. The van der Waals surface area contributed by atoms with Crippen LogP contribution in [0.4, 0.5) is 0 Å². The van der Waals surface area contributed by atoms with E-state index in [0.717, 1.165) is 0 Å². The van der Waals surface area contributed by atoms with Crippen molar-refractivity contribution in [1.29, 1.82) is 0 Å². The summed E-state index contributed by atoms with van der Waals surface area (Å²) in [5, 5.41) is 0. The zero-order chi connectivity index (χ0) is 23.4. The maximum atomic E-state index is 13.5. The van der Waals surface area contributed by atoms with E-state index in [-0.39, 0.29) is 23.9 Å². The third-order valence-electron chi connectivity index (χ3n) is 5.42.